The fourth-order valence-electron chi connectivity index (χ4n) is 1.58. The van der Waals surface area contributed by atoms with Gasteiger partial charge in [-0.3, -0.25) is 4.21 Å². The summed E-state index contributed by atoms with van der Waals surface area (Å²) < 4.78 is 21.9. The van der Waals surface area contributed by atoms with E-state index in [2.05, 4.69) is 5.32 Å². The second kappa shape index (κ2) is 9.74. The Bertz CT molecular complexity index is 414. The van der Waals surface area contributed by atoms with E-state index in [9.17, 15) is 9.32 Å². The molecule has 6 heteroatoms. The van der Waals surface area contributed by atoms with Gasteiger partial charge in [-0.05, 0) is 12.1 Å². The maximum Gasteiger partial charge on any atom is 0.161 e. The van der Waals surface area contributed by atoms with Crippen molar-refractivity contribution in [3.05, 3.63) is 24.3 Å². The first-order valence-corrected chi connectivity index (χ1v) is 8.15. The lowest BCUT2D eigenvalue weighted by atomic mass is 10.3. The van der Waals surface area contributed by atoms with E-state index in [-0.39, 0.29) is 6.61 Å². The summed E-state index contributed by atoms with van der Waals surface area (Å²) in [6.07, 6.45) is -0.616. The molecule has 2 atom stereocenters. The van der Waals surface area contributed by atoms with E-state index in [4.69, 9.17) is 9.47 Å². The van der Waals surface area contributed by atoms with E-state index in [1.54, 1.807) is 19.2 Å². The van der Waals surface area contributed by atoms with Gasteiger partial charge in [-0.1, -0.05) is 19.1 Å². The van der Waals surface area contributed by atoms with Gasteiger partial charge in [0.1, 0.15) is 12.7 Å². The third-order valence-corrected chi connectivity index (χ3v) is 4.01. The summed E-state index contributed by atoms with van der Waals surface area (Å²) >= 11 is 0. The molecule has 0 radical (unpaired) electrons. The second-order valence-electron chi connectivity index (χ2n) is 4.25. The van der Waals surface area contributed by atoms with Gasteiger partial charge >= 0.3 is 0 Å². The SMILES string of the molecule is CCS(=O)CCNCC(O)COc1ccccc1OC. The Morgan fingerprint density at radius 2 is 2.05 bits per heavy atom. The van der Waals surface area contributed by atoms with Crippen molar-refractivity contribution in [3.8, 4) is 11.5 Å². The van der Waals surface area contributed by atoms with Crippen LogP contribution in [-0.4, -0.2) is 53.7 Å². The van der Waals surface area contributed by atoms with E-state index in [0.29, 0.717) is 36.1 Å². The van der Waals surface area contributed by atoms with E-state index < -0.39 is 16.9 Å². The summed E-state index contributed by atoms with van der Waals surface area (Å²) in [4.78, 5) is 0. The van der Waals surface area contributed by atoms with Crippen LogP contribution < -0.4 is 14.8 Å². The number of rotatable bonds is 10. The highest BCUT2D eigenvalue weighted by atomic mass is 32.2. The van der Waals surface area contributed by atoms with Crippen molar-refractivity contribution in [1.82, 2.24) is 5.32 Å². The first-order valence-electron chi connectivity index (χ1n) is 6.67. The molecule has 0 aliphatic rings. The van der Waals surface area contributed by atoms with Gasteiger partial charge in [0.15, 0.2) is 11.5 Å². The molecule has 2 N–H and O–H groups in total. The second-order valence-corrected chi connectivity index (χ2v) is 6.12. The van der Waals surface area contributed by atoms with Crippen LogP contribution in [0.5, 0.6) is 11.5 Å². The van der Waals surface area contributed by atoms with Crippen LogP contribution in [0.2, 0.25) is 0 Å². The summed E-state index contributed by atoms with van der Waals surface area (Å²) in [5, 5.41) is 12.9. The van der Waals surface area contributed by atoms with Crippen LogP contribution in [0.15, 0.2) is 24.3 Å². The molecular formula is C14H23NO4S. The Kier molecular flexibility index (Phi) is 8.25. The summed E-state index contributed by atoms with van der Waals surface area (Å²) in [6.45, 7) is 3.12. The molecule has 0 spiro atoms. The summed E-state index contributed by atoms with van der Waals surface area (Å²) in [5.74, 6) is 2.53. The summed E-state index contributed by atoms with van der Waals surface area (Å²) in [5.41, 5.74) is 0. The number of nitrogens with one attached hydrogen (secondary N) is 1. The highest BCUT2D eigenvalue weighted by Crippen LogP contribution is 2.25. The number of benzene rings is 1. The molecule has 114 valence electrons. The normalized spacial score (nSPS) is 13.8. The van der Waals surface area contributed by atoms with Gasteiger partial charge in [-0.15, -0.1) is 0 Å². The fourth-order valence-corrected chi connectivity index (χ4v) is 2.24. The predicted octanol–water partition coefficient (Wildman–Crippen LogP) is 0.793. The molecule has 0 heterocycles. The van der Waals surface area contributed by atoms with Gasteiger partial charge in [0.2, 0.25) is 0 Å². The van der Waals surface area contributed by atoms with Crippen molar-refractivity contribution in [3.63, 3.8) is 0 Å². The Morgan fingerprint density at radius 1 is 1.35 bits per heavy atom. The molecule has 0 aliphatic carbocycles. The molecule has 1 aromatic rings. The highest BCUT2D eigenvalue weighted by Gasteiger charge is 2.08. The minimum atomic E-state index is -0.771. The zero-order valence-corrected chi connectivity index (χ0v) is 12.8. The van der Waals surface area contributed by atoms with E-state index >= 15 is 0 Å². The topological polar surface area (TPSA) is 67.8 Å². The number of hydrogen-bond acceptors (Lipinski definition) is 5. The Hall–Kier alpha value is -1.11. The lowest BCUT2D eigenvalue weighted by molar-refractivity contribution is 0.105. The van der Waals surface area contributed by atoms with Gasteiger partial charge in [-0.2, -0.15) is 0 Å². The third-order valence-electron chi connectivity index (χ3n) is 2.71. The van der Waals surface area contributed by atoms with Gasteiger partial charge in [0.25, 0.3) is 0 Å². The van der Waals surface area contributed by atoms with Crippen LogP contribution in [0, 0.1) is 0 Å². The summed E-state index contributed by atoms with van der Waals surface area (Å²) in [6, 6.07) is 7.31. The van der Waals surface area contributed by atoms with Gasteiger partial charge < -0.3 is 19.9 Å². The monoisotopic (exact) mass is 301 g/mol. The van der Waals surface area contributed by atoms with Crippen molar-refractivity contribution in [2.24, 2.45) is 0 Å². The number of aliphatic hydroxyl groups is 1. The largest absolute Gasteiger partial charge is 0.493 e. The number of ether oxygens (including phenoxy) is 2. The number of para-hydroxylation sites is 2. The molecule has 2 unspecified atom stereocenters. The fraction of sp³-hybridized carbons (Fsp3) is 0.571. The van der Waals surface area contributed by atoms with Crippen LogP contribution in [0.4, 0.5) is 0 Å². The lowest BCUT2D eigenvalue weighted by Gasteiger charge is -2.14. The molecule has 20 heavy (non-hydrogen) atoms. The van der Waals surface area contributed by atoms with Crippen molar-refractivity contribution in [2.75, 3.05) is 38.3 Å². The zero-order valence-electron chi connectivity index (χ0n) is 12.0. The molecule has 0 bridgehead atoms. The predicted molar refractivity (Wildman–Crippen MR) is 80.9 cm³/mol. The van der Waals surface area contributed by atoms with E-state index in [1.165, 1.54) is 0 Å². The van der Waals surface area contributed by atoms with E-state index in [1.807, 2.05) is 19.1 Å². The molecule has 5 nitrogen and oxygen atoms in total. The Balaban J connectivity index is 2.22. The number of hydrogen-bond donors (Lipinski definition) is 2. The lowest BCUT2D eigenvalue weighted by Crippen LogP contribution is -2.33. The number of methoxy groups -OCH3 is 1. The molecular weight excluding hydrogens is 278 g/mol. The summed E-state index contributed by atoms with van der Waals surface area (Å²) in [7, 11) is 0.806. The van der Waals surface area contributed by atoms with Gasteiger partial charge in [0.05, 0.1) is 7.11 Å². The maximum atomic E-state index is 11.2. The Labute approximate surface area is 122 Å². The van der Waals surface area contributed by atoms with Crippen molar-refractivity contribution in [1.29, 1.82) is 0 Å². The van der Waals surface area contributed by atoms with Crippen molar-refractivity contribution < 1.29 is 18.8 Å². The molecule has 0 aromatic heterocycles. The maximum absolute atomic E-state index is 11.2. The van der Waals surface area contributed by atoms with Crippen LogP contribution >= 0.6 is 0 Å². The van der Waals surface area contributed by atoms with E-state index in [0.717, 1.165) is 0 Å². The van der Waals surface area contributed by atoms with Gasteiger partial charge in [-0.25, -0.2) is 0 Å². The molecule has 0 fully saturated rings. The molecule has 1 aromatic carbocycles. The average molecular weight is 301 g/mol. The minimum absolute atomic E-state index is 0.185. The highest BCUT2D eigenvalue weighted by molar-refractivity contribution is 7.84. The Morgan fingerprint density at radius 3 is 2.70 bits per heavy atom. The van der Waals surface area contributed by atoms with Crippen LogP contribution in [-0.2, 0) is 10.8 Å². The average Bonchev–Trinajstić information content (AvgIpc) is 2.49. The van der Waals surface area contributed by atoms with Gasteiger partial charge in [0, 0.05) is 35.4 Å². The molecule has 1 rings (SSSR count). The minimum Gasteiger partial charge on any atom is -0.493 e. The molecule has 0 aliphatic heterocycles. The zero-order chi connectivity index (χ0) is 14.8. The smallest absolute Gasteiger partial charge is 0.161 e. The van der Waals surface area contributed by atoms with Crippen LogP contribution in [0.1, 0.15) is 6.92 Å². The first-order chi connectivity index (χ1) is 9.67. The number of aliphatic hydroxyl groups excluding tert-OH is 1. The third kappa shape index (κ3) is 6.36. The standard InChI is InChI=1S/C14H23NO4S/c1-3-20(17)9-8-15-10-12(16)11-19-14-7-5-4-6-13(14)18-2/h4-7,12,15-16H,3,8-11H2,1-2H3. The van der Waals surface area contributed by atoms with Crippen molar-refractivity contribution >= 4 is 10.8 Å². The first kappa shape index (κ1) is 16.9. The quantitative estimate of drug-likeness (QED) is 0.626. The molecule has 0 saturated carbocycles. The molecule has 0 saturated heterocycles. The van der Waals surface area contributed by atoms with Crippen molar-refractivity contribution in [2.45, 2.75) is 13.0 Å². The van der Waals surface area contributed by atoms with Crippen LogP contribution in [0.3, 0.4) is 0 Å². The van der Waals surface area contributed by atoms with Crippen LogP contribution in [0.25, 0.3) is 0 Å². The molecule has 0 amide bonds.